The second kappa shape index (κ2) is 3.88. The van der Waals surface area contributed by atoms with E-state index in [1.807, 2.05) is 24.0 Å². The van der Waals surface area contributed by atoms with Crippen molar-refractivity contribution in [1.29, 1.82) is 0 Å². The number of hydrogen-bond acceptors (Lipinski definition) is 2. The van der Waals surface area contributed by atoms with E-state index in [9.17, 15) is 4.79 Å². The molecule has 15 heavy (non-hydrogen) atoms. The topological polar surface area (TPSA) is 46.9 Å². The van der Waals surface area contributed by atoms with E-state index in [2.05, 4.69) is 17.0 Å². The standard InChI is InChI=1S/C11H15N3O/c1-3-11(15)13-8(2)9-6-12-14(7-9)10-4-5-10/h3,6-8,10H,1,4-5H2,2H3,(H,13,15). The number of carbonyl (C=O) groups excluding carboxylic acids is 1. The lowest BCUT2D eigenvalue weighted by molar-refractivity contribution is -0.117. The maximum absolute atomic E-state index is 11.1. The predicted molar refractivity (Wildman–Crippen MR) is 57.3 cm³/mol. The van der Waals surface area contributed by atoms with E-state index in [0.29, 0.717) is 6.04 Å². The minimum Gasteiger partial charge on any atom is -0.346 e. The van der Waals surface area contributed by atoms with E-state index in [-0.39, 0.29) is 11.9 Å². The third-order valence-corrected chi connectivity index (χ3v) is 2.59. The molecular weight excluding hydrogens is 190 g/mol. The van der Waals surface area contributed by atoms with Gasteiger partial charge in [-0.3, -0.25) is 9.48 Å². The highest BCUT2D eigenvalue weighted by atomic mass is 16.1. The molecule has 4 heteroatoms. The van der Waals surface area contributed by atoms with E-state index >= 15 is 0 Å². The van der Waals surface area contributed by atoms with Crippen LogP contribution in [0, 0.1) is 0 Å². The maximum atomic E-state index is 11.1. The molecule has 1 aliphatic rings. The lowest BCUT2D eigenvalue weighted by Gasteiger charge is -2.09. The van der Waals surface area contributed by atoms with Gasteiger partial charge in [-0.2, -0.15) is 5.10 Å². The molecule has 0 bridgehead atoms. The Bertz CT molecular complexity index is 379. The van der Waals surface area contributed by atoms with Crippen molar-refractivity contribution in [1.82, 2.24) is 15.1 Å². The van der Waals surface area contributed by atoms with Gasteiger partial charge in [-0.25, -0.2) is 0 Å². The third kappa shape index (κ3) is 2.26. The molecule has 0 aromatic carbocycles. The highest BCUT2D eigenvalue weighted by Crippen LogP contribution is 2.34. The SMILES string of the molecule is C=CC(=O)NC(C)c1cnn(C2CC2)c1. The van der Waals surface area contributed by atoms with Crippen LogP contribution >= 0.6 is 0 Å². The molecule has 0 radical (unpaired) electrons. The van der Waals surface area contributed by atoms with Crippen molar-refractivity contribution >= 4 is 5.91 Å². The van der Waals surface area contributed by atoms with Crippen LogP contribution < -0.4 is 5.32 Å². The van der Waals surface area contributed by atoms with Crippen LogP contribution in [0.3, 0.4) is 0 Å². The Labute approximate surface area is 89.0 Å². The quantitative estimate of drug-likeness (QED) is 0.758. The van der Waals surface area contributed by atoms with Crippen LogP contribution in [0.1, 0.15) is 37.4 Å². The van der Waals surface area contributed by atoms with Crippen molar-refractivity contribution in [3.8, 4) is 0 Å². The number of amides is 1. The summed E-state index contributed by atoms with van der Waals surface area (Å²) in [6.45, 7) is 5.36. The molecule has 1 atom stereocenters. The number of nitrogens with one attached hydrogen (secondary N) is 1. The fourth-order valence-electron chi connectivity index (χ4n) is 1.47. The van der Waals surface area contributed by atoms with Gasteiger partial charge in [0.25, 0.3) is 0 Å². The monoisotopic (exact) mass is 205 g/mol. The number of nitrogens with zero attached hydrogens (tertiary/aromatic N) is 2. The Morgan fingerprint density at radius 1 is 1.80 bits per heavy atom. The Kier molecular flexibility index (Phi) is 2.58. The first kappa shape index (κ1) is 9.96. The van der Waals surface area contributed by atoms with Crippen LogP contribution in [-0.4, -0.2) is 15.7 Å². The molecule has 1 N–H and O–H groups in total. The molecule has 0 spiro atoms. The average Bonchev–Trinajstić information content (AvgIpc) is 2.96. The minimum atomic E-state index is -0.151. The zero-order chi connectivity index (χ0) is 10.8. The van der Waals surface area contributed by atoms with Crippen LogP contribution in [0.5, 0.6) is 0 Å². The summed E-state index contributed by atoms with van der Waals surface area (Å²) in [6, 6.07) is 0.573. The molecule has 1 aromatic heterocycles. The number of carbonyl (C=O) groups is 1. The number of rotatable bonds is 4. The van der Waals surface area contributed by atoms with Crippen LogP contribution in [0.25, 0.3) is 0 Å². The molecule has 2 rings (SSSR count). The number of hydrogen-bond donors (Lipinski definition) is 1. The first-order valence-electron chi connectivity index (χ1n) is 5.17. The van der Waals surface area contributed by atoms with Gasteiger partial charge in [0, 0.05) is 11.8 Å². The fraction of sp³-hybridized carbons (Fsp3) is 0.455. The molecule has 1 fully saturated rings. The molecule has 1 amide bonds. The first-order chi connectivity index (χ1) is 7.20. The molecular formula is C11H15N3O. The van der Waals surface area contributed by atoms with E-state index in [0.717, 1.165) is 5.56 Å². The van der Waals surface area contributed by atoms with Crippen molar-refractivity contribution in [3.05, 3.63) is 30.6 Å². The third-order valence-electron chi connectivity index (χ3n) is 2.59. The van der Waals surface area contributed by atoms with Crippen LogP contribution in [0.2, 0.25) is 0 Å². The highest BCUT2D eigenvalue weighted by molar-refractivity contribution is 5.87. The molecule has 1 saturated carbocycles. The van der Waals surface area contributed by atoms with Crippen molar-refractivity contribution < 1.29 is 4.79 Å². The van der Waals surface area contributed by atoms with Gasteiger partial charge in [0.1, 0.15) is 0 Å². The van der Waals surface area contributed by atoms with Gasteiger partial charge in [-0.15, -0.1) is 0 Å². The molecule has 1 aromatic rings. The molecule has 1 unspecified atom stereocenters. The zero-order valence-electron chi connectivity index (χ0n) is 8.81. The minimum absolute atomic E-state index is 0.0111. The van der Waals surface area contributed by atoms with Crippen molar-refractivity contribution in [2.45, 2.75) is 31.8 Å². The lowest BCUT2D eigenvalue weighted by atomic mass is 10.2. The molecule has 1 aliphatic carbocycles. The molecule has 1 heterocycles. The molecule has 4 nitrogen and oxygen atoms in total. The van der Waals surface area contributed by atoms with Gasteiger partial charge in [0.05, 0.1) is 18.3 Å². The largest absolute Gasteiger partial charge is 0.346 e. The van der Waals surface area contributed by atoms with Crippen molar-refractivity contribution in [3.63, 3.8) is 0 Å². The van der Waals surface area contributed by atoms with E-state index in [4.69, 9.17) is 0 Å². The summed E-state index contributed by atoms with van der Waals surface area (Å²) >= 11 is 0. The van der Waals surface area contributed by atoms with E-state index in [1.54, 1.807) is 0 Å². The van der Waals surface area contributed by atoms with Crippen molar-refractivity contribution in [2.24, 2.45) is 0 Å². The van der Waals surface area contributed by atoms with E-state index < -0.39 is 0 Å². The summed E-state index contributed by atoms with van der Waals surface area (Å²) in [7, 11) is 0. The summed E-state index contributed by atoms with van der Waals surface area (Å²) in [5.74, 6) is -0.151. The van der Waals surface area contributed by atoms with Gasteiger partial charge in [-0.05, 0) is 25.8 Å². The summed E-state index contributed by atoms with van der Waals surface area (Å²) in [5.41, 5.74) is 1.04. The van der Waals surface area contributed by atoms with E-state index in [1.165, 1.54) is 18.9 Å². The Morgan fingerprint density at radius 3 is 3.13 bits per heavy atom. The summed E-state index contributed by atoms with van der Waals surface area (Å²) < 4.78 is 1.98. The highest BCUT2D eigenvalue weighted by Gasteiger charge is 2.24. The van der Waals surface area contributed by atoms with Crippen LogP contribution in [0.15, 0.2) is 25.0 Å². The van der Waals surface area contributed by atoms with Crippen molar-refractivity contribution in [2.75, 3.05) is 0 Å². The first-order valence-corrected chi connectivity index (χ1v) is 5.17. The summed E-state index contributed by atoms with van der Waals surface area (Å²) in [5, 5.41) is 7.08. The molecule has 80 valence electrons. The Morgan fingerprint density at radius 2 is 2.53 bits per heavy atom. The second-order valence-electron chi connectivity index (χ2n) is 3.92. The van der Waals surface area contributed by atoms with Gasteiger partial charge in [-0.1, -0.05) is 6.58 Å². The molecule has 0 aliphatic heterocycles. The lowest BCUT2D eigenvalue weighted by Crippen LogP contribution is -2.24. The predicted octanol–water partition coefficient (Wildman–Crippen LogP) is 1.58. The maximum Gasteiger partial charge on any atom is 0.243 e. The summed E-state index contributed by atoms with van der Waals surface area (Å²) in [6.07, 6.45) is 7.53. The molecule has 0 saturated heterocycles. The summed E-state index contributed by atoms with van der Waals surface area (Å²) in [4.78, 5) is 11.1. The second-order valence-corrected chi connectivity index (χ2v) is 3.92. The fourth-order valence-corrected chi connectivity index (χ4v) is 1.47. The average molecular weight is 205 g/mol. The Balaban J connectivity index is 2.01. The smallest absolute Gasteiger partial charge is 0.243 e. The van der Waals surface area contributed by atoms with Gasteiger partial charge in [0.15, 0.2) is 0 Å². The van der Waals surface area contributed by atoms with Gasteiger partial charge < -0.3 is 5.32 Å². The number of aromatic nitrogens is 2. The van der Waals surface area contributed by atoms with Gasteiger partial charge >= 0.3 is 0 Å². The van der Waals surface area contributed by atoms with Crippen LogP contribution in [-0.2, 0) is 4.79 Å². The van der Waals surface area contributed by atoms with Gasteiger partial charge in [0.2, 0.25) is 5.91 Å². The van der Waals surface area contributed by atoms with Crippen LogP contribution in [0.4, 0.5) is 0 Å². The zero-order valence-corrected chi connectivity index (χ0v) is 8.81. The normalized spacial score (nSPS) is 17.1. The Hall–Kier alpha value is -1.58.